The van der Waals surface area contributed by atoms with Gasteiger partial charge in [-0.25, -0.2) is 12.8 Å². The van der Waals surface area contributed by atoms with E-state index in [1.54, 1.807) is 0 Å². The number of hydrogen-bond donors (Lipinski definition) is 1. The van der Waals surface area contributed by atoms with Crippen LogP contribution in [0.4, 0.5) is 4.39 Å². The predicted molar refractivity (Wildman–Crippen MR) is 75.0 cm³/mol. The summed E-state index contributed by atoms with van der Waals surface area (Å²) in [6.07, 6.45) is 0.265. The van der Waals surface area contributed by atoms with Crippen molar-refractivity contribution in [2.24, 2.45) is 5.41 Å². The highest BCUT2D eigenvalue weighted by Crippen LogP contribution is 2.35. The zero-order valence-electron chi connectivity index (χ0n) is 12.2. The van der Waals surface area contributed by atoms with Crippen molar-refractivity contribution >= 4 is 16.0 Å². The molecule has 1 aromatic carbocycles. The molecule has 0 radical (unpaired) electrons. The zero-order chi connectivity index (χ0) is 16.0. The molecule has 116 valence electrons. The molecule has 1 aromatic rings. The molecule has 1 unspecified atom stereocenters. The van der Waals surface area contributed by atoms with E-state index in [2.05, 4.69) is 0 Å². The Hall–Kier alpha value is -1.47. The number of carboxylic acids is 1. The number of benzene rings is 1. The van der Waals surface area contributed by atoms with Gasteiger partial charge in [0.15, 0.2) is 0 Å². The molecule has 0 amide bonds. The molecular weight excluding hydrogens is 297 g/mol. The van der Waals surface area contributed by atoms with Crippen LogP contribution in [-0.4, -0.2) is 36.9 Å². The van der Waals surface area contributed by atoms with E-state index < -0.39 is 27.2 Å². The van der Waals surface area contributed by atoms with Gasteiger partial charge in [-0.2, -0.15) is 4.31 Å². The number of aryl methyl sites for hydroxylation is 2. The van der Waals surface area contributed by atoms with Crippen LogP contribution < -0.4 is 0 Å². The molecule has 2 rings (SSSR count). The summed E-state index contributed by atoms with van der Waals surface area (Å²) in [7, 11) is -3.82. The van der Waals surface area contributed by atoms with Crippen molar-refractivity contribution in [1.29, 1.82) is 0 Å². The summed E-state index contributed by atoms with van der Waals surface area (Å²) in [5.41, 5.74) is -0.414. The molecule has 0 spiro atoms. The number of carboxylic acid groups (broad SMARTS) is 1. The van der Waals surface area contributed by atoms with Crippen molar-refractivity contribution in [3.05, 3.63) is 29.1 Å². The monoisotopic (exact) mass is 315 g/mol. The van der Waals surface area contributed by atoms with Crippen LogP contribution in [0, 0.1) is 25.1 Å². The average Bonchev–Trinajstić information content (AvgIpc) is 2.72. The Morgan fingerprint density at radius 1 is 1.33 bits per heavy atom. The number of halogens is 1. The van der Waals surface area contributed by atoms with E-state index in [4.69, 9.17) is 0 Å². The van der Waals surface area contributed by atoms with E-state index in [0.717, 1.165) is 0 Å². The first kappa shape index (κ1) is 15.9. The second kappa shape index (κ2) is 5.06. The van der Waals surface area contributed by atoms with Crippen LogP contribution in [0.1, 0.15) is 24.5 Å². The summed E-state index contributed by atoms with van der Waals surface area (Å²) in [6, 6.07) is 2.35. The molecule has 0 aliphatic carbocycles. The van der Waals surface area contributed by atoms with Crippen molar-refractivity contribution in [3.63, 3.8) is 0 Å². The summed E-state index contributed by atoms with van der Waals surface area (Å²) in [4.78, 5) is 11.3. The Bertz CT molecular complexity index is 678. The highest BCUT2D eigenvalue weighted by molar-refractivity contribution is 7.89. The molecule has 7 heteroatoms. The molecule has 5 nitrogen and oxygen atoms in total. The largest absolute Gasteiger partial charge is 0.481 e. The molecule has 1 atom stereocenters. The number of rotatable bonds is 3. The van der Waals surface area contributed by atoms with Gasteiger partial charge in [0.25, 0.3) is 0 Å². The first-order chi connectivity index (χ1) is 9.58. The summed E-state index contributed by atoms with van der Waals surface area (Å²) in [6.45, 7) is 4.70. The normalized spacial score (nSPS) is 23.4. The lowest BCUT2D eigenvalue weighted by Gasteiger charge is -2.22. The molecular formula is C14H18FNO4S. The fourth-order valence-electron chi connectivity index (χ4n) is 2.73. The van der Waals surface area contributed by atoms with E-state index in [0.29, 0.717) is 11.1 Å². The third kappa shape index (κ3) is 2.67. The average molecular weight is 315 g/mol. The van der Waals surface area contributed by atoms with Crippen molar-refractivity contribution in [2.75, 3.05) is 13.1 Å². The predicted octanol–water partition coefficient (Wildman–Crippen LogP) is 1.93. The van der Waals surface area contributed by atoms with Gasteiger partial charge >= 0.3 is 5.97 Å². The maximum Gasteiger partial charge on any atom is 0.310 e. The highest BCUT2D eigenvalue weighted by Gasteiger charge is 2.45. The second-order valence-corrected chi connectivity index (χ2v) is 7.70. The molecule has 0 aromatic heterocycles. The van der Waals surface area contributed by atoms with Gasteiger partial charge in [-0.3, -0.25) is 4.79 Å². The maximum absolute atomic E-state index is 13.3. The minimum absolute atomic E-state index is 0.0681. The van der Waals surface area contributed by atoms with E-state index >= 15 is 0 Å². The van der Waals surface area contributed by atoms with E-state index in [9.17, 15) is 22.7 Å². The van der Waals surface area contributed by atoms with Gasteiger partial charge in [-0.15, -0.1) is 0 Å². The van der Waals surface area contributed by atoms with Crippen LogP contribution in [0.15, 0.2) is 17.0 Å². The van der Waals surface area contributed by atoms with Crippen LogP contribution in [0.2, 0.25) is 0 Å². The fraction of sp³-hybridized carbons (Fsp3) is 0.500. The Kier molecular flexibility index (Phi) is 3.84. The van der Waals surface area contributed by atoms with Gasteiger partial charge in [0, 0.05) is 13.1 Å². The van der Waals surface area contributed by atoms with Crippen LogP contribution >= 0.6 is 0 Å². The Balaban J connectivity index is 2.44. The number of hydrogen-bond acceptors (Lipinski definition) is 3. The summed E-state index contributed by atoms with van der Waals surface area (Å²) in [5, 5.41) is 9.20. The van der Waals surface area contributed by atoms with Gasteiger partial charge in [-0.1, -0.05) is 0 Å². The van der Waals surface area contributed by atoms with Crippen LogP contribution in [0.25, 0.3) is 0 Å². The zero-order valence-corrected chi connectivity index (χ0v) is 13.0. The first-order valence-electron chi connectivity index (χ1n) is 6.58. The third-order valence-electron chi connectivity index (χ3n) is 3.98. The highest BCUT2D eigenvalue weighted by atomic mass is 32.2. The fourth-order valence-corrected chi connectivity index (χ4v) is 4.71. The molecule has 21 heavy (non-hydrogen) atoms. The van der Waals surface area contributed by atoms with Gasteiger partial charge < -0.3 is 5.11 Å². The molecule has 1 aliphatic rings. The van der Waals surface area contributed by atoms with Crippen molar-refractivity contribution in [2.45, 2.75) is 32.1 Å². The van der Waals surface area contributed by atoms with Crippen LogP contribution in [0.3, 0.4) is 0 Å². The van der Waals surface area contributed by atoms with E-state index in [1.807, 2.05) is 0 Å². The number of carbonyl (C=O) groups is 1. The topological polar surface area (TPSA) is 74.7 Å². The number of nitrogens with zero attached hydrogens (tertiary/aromatic N) is 1. The molecule has 0 bridgehead atoms. The lowest BCUT2D eigenvalue weighted by atomic mass is 9.90. The molecule has 1 saturated heterocycles. The second-order valence-electron chi connectivity index (χ2n) is 5.82. The molecule has 1 N–H and O–H groups in total. The minimum Gasteiger partial charge on any atom is -0.481 e. The number of aliphatic carboxylic acids is 1. The van der Waals surface area contributed by atoms with Crippen LogP contribution in [-0.2, 0) is 14.8 Å². The Morgan fingerprint density at radius 3 is 2.29 bits per heavy atom. The van der Waals surface area contributed by atoms with Crippen LogP contribution in [0.5, 0.6) is 0 Å². The third-order valence-corrected chi connectivity index (χ3v) is 6.13. The first-order valence-corrected chi connectivity index (χ1v) is 8.02. The van der Waals surface area contributed by atoms with Crippen molar-refractivity contribution in [3.8, 4) is 0 Å². The Labute approximate surface area is 123 Å². The van der Waals surface area contributed by atoms with Gasteiger partial charge in [0.1, 0.15) is 5.82 Å². The SMILES string of the molecule is Cc1cc(F)cc(C)c1S(=O)(=O)N1CCC(C)(C(=O)O)C1. The van der Waals surface area contributed by atoms with E-state index in [-0.39, 0.29) is 24.4 Å². The molecule has 1 heterocycles. The summed E-state index contributed by atoms with van der Waals surface area (Å²) >= 11 is 0. The van der Waals surface area contributed by atoms with E-state index in [1.165, 1.54) is 37.2 Å². The molecule has 1 fully saturated rings. The summed E-state index contributed by atoms with van der Waals surface area (Å²) in [5.74, 6) is -1.49. The standard InChI is InChI=1S/C14H18FNO4S/c1-9-6-11(15)7-10(2)12(9)21(19,20)16-5-4-14(3,8-16)13(17)18/h6-7H,4-5,8H2,1-3H3,(H,17,18). The minimum atomic E-state index is -3.82. The van der Waals surface area contributed by atoms with Crippen molar-refractivity contribution in [1.82, 2.24) is 4.31 Å². The lowest BCUT2D eigenvalue weighted by molar-refractivity contribution is -0.146. The Morgan fingerprint density at radius 2 is 1.86 bits per heavy atom. The van der Waals surface area contributed by atoms with Gasteiger partial charge in [0.2, 0.25) is 10.0 Å². The smallest absolute Gasteiger partial charge is 0.310 e. The molecule has 0 saturated carbocycles. The molecule has 1 aliphatic heterocycles. The maximum atomic E-state index is 13.3. The summed E-state index contributed by atoms with van der Waals surface area (Å²) < 4.78 is 39.9. The quantitative estimate of drug-likeness (QED) is 0.925. The van der Waals surface area contributed by atoms with Gasteiger partial charge in [-0.05, 0) is 50.5 Å². The van der Waals surface area contributed by atoms with Gasteiger partial charge in [0.05, 0.1) is 10.3 Å². The lowest BCUT2D eigenvalue weighted by Crippen LogP contribution is -2.35. The number of sulfonamides is 1. The van der Waals surface area contributed by atoms with Crippen molar-refractivity contribution < 1.29 is 22.7 Å².